The molecule has 0 aromatic carbocycles. The van der Waals surface area contributed by atoms with E-state index in [9.17, 15) is 5.11 Å². The molecular weight excluding hydrogens is 220 g/mol. The summed E-state index contributed by atoms with van der Waals surface area (Å²) in [5.74, 6) is 5.05. The number of fused-ring (bicyclic) bond motifs is 5. The van der Waals surface area contributed by atoms with Crippen LogP contribution in [0.4, 0.5) is 0 Å². The van der Waals surface area contributed by atoms with Crippen LogP contribution in [0.5, 0.6) is 0 Å². The van der Waals surface area contributed by atoms with E-state index in [-0.39, 0.29) is 6.10 Å². The number of hydrogen-bond donors (Lipinski definition) is 1. The third-order valence-corrected chi connectivity index (χ3v) is 6.63. The fourth-order valence-corrected chi connectivity index (χ4v) is 5.93. The lowest BCUT2D eigenvalue weighted by Crippen LogP contribution is -2.41. The van der Waals surface area contributed by atoms with Crippen LogP contribution in [0.15, 0.2) is 11.6 Å². The Morgan fingerprint density at radius 1 is 0.833 bits per heavy atom. The van der Waals surface area contributed by atoms with Crippen LogP contribution in [0, 0.1) is 29.6 Å². The molecule has 0 amide bonds. The molecule has 1 nitrogen and oxygen atoms in total. The third-order valence-electron chi connectivity index (χ3n) is 6.63. The molecule has 0 heterocycles. The molecule has 4 aliphatic carbocycles. The van der Waals surface area contributed by atoms with Crippen LogP contribution in [0.2, 0.25) is 0 Å². The van der Waals surface area contributed by atoms with E-state index in [4.69, 9.17) is 0 Å². The van der Waals surface area contributed by atoms with Gasteiger partial charge in [0.25, 0.3) is 0 Å². The minimum Gasteiger partial charge on any atom is -0.389 e. The van der Waals surface area contributed by atoms with Crippen molar-refractivity contribution < 1.29 is 5.11 Å². The van der Waals surface area contributed by atoms with E-state index < -0.39 is 0 Å². The van der Waals surface area contributed by atoms with Crippen molar-refractivity contribution in [3.8, 4) is 0 Å². The van der Waals surface area contributed by atoms with E-state index in [0.29, 0.717) is 0 Å². The average Bonchev–Trinajstić information content (AvgIpc) is 2.86. The summed E-state index contributed by atoms with van der Waals surface area (Å²) in [6.07, 6.45) is 14.7. The molecule has 4 rings (SSSR count). The summed E-state index contributed by atoms with van der Waals surface area (Å²) in [6, 6.07) is 0. The lowest BCUT2D eigenvalue weighted by Gasteiger charge is -2.49. The molecule has 1 heteroatoms. The number of aliphatic hydroxyl groups is 1. The highest BCUT2D eigenvalue weighted by Gasteiger charge is 2.47. The van der Waals surface area contributed by atoms with Crippen molar-refractivity contribution in [2.45, 2.75) is 63.9 Å². The highest BCUT2D eigenvalue weighted by Crippen LogP contribution is 2.56. The lowest BCUT2D eigenvalue weighted by atomic mass is 9.56. The molecule has 1 unspecified atom stereocenters. The van der Waals surface area contributed by atoms with Crippen molar-refractivity contribution in [2.75, 3.05) is 0 Å². The average molecular weight is 246 g/mol. The first kappa shape index (κ1) is 11.5. The first-order valence-corrected chi connectivity index (χ1v) is 8.21. The van der Waals surface area contributed by atoms with Gasteiger partial charge in [-0.2, -0.15) is 0 Å². The summed E-state index contributed by atoms with van der Waals surface area (Å²) in [4.78, 5) is 0. The van der Waals surface area contributed by atoms with Gasteiger partial charge in [0.2, 0.25) is 0 Å². The largest absolute Gasteiger partial charge is 0.389 e. The second-order valence-corrected chi connectivity index (χ2v) is 7.29. The van der Waals surface area contributed by atoms with E-state index in [1.54, 1.807) is 5.57 Å². The molecule has 0 spiro atoms. The number of aliphatic hydroxyl groups excluding tert-OH is 1. The van der Waals surface area contributed by atoms with Crippen molar-refractivity contribution in [1.29, 1.82) is 0 Å². The predicted molar refractivity (Wildman–Crippen MR) is 73.1 cm³/mol. The molecule has 18 heavy (non-hydrogen) atoms. The summed E-state index contributed by atoms with van der Waals surface area (Å²) < 4.78 is 0. The molecule has 0 radical (unpaired) electrons. The van der Waals surface area contributed by atoms with E-state index in [1.807, 2.05) is 0 Å². The Kier molecular flexibility index (Phi) is 2.80. The van der Waals surface area contributed by atoms with Crippen LogP contribution in [-0.4, -0.2) is 11.2 Å². The van der Waals surface area contributed by atoms with Crippen LogP contribution in [-0.2, 0) is 0 Å². The van der Waals surface area contributed by atoms with E-state index in [2.05, 4.69) is 6.08 Å². The minimum absolute atomic E-state index is 0.129. The molecular formula is C17H26O. The maximum atomic E-state index is 9.82. The molecule has 3 fully saturated rings. The van der Waals surface area contributed by atoms with Crippen LogP contribution < -0.4 is 0 Å². The van der Waals surface area contributed by atoms with Gasteiger partial charge in [-0.05, 0) is 74.5 Å². The van der Waals surface area contributed by atoms with Crippen LogP contribution in [0.3, 0.4) is 0 Å². The van der Waals surface area contributed by atoms with Crippen LogP contribution in [0.1, 0.15) is 57.8 Å². The predicted octanol–water partition coefficient (Wildman–Crippen LogP) is 3.92. The highest BCUT2D eigenvalue weighted by atomic mass is 16.3. The van der Waals surface area contributed by atoms with Gasteiger partial charge in [0.1, 0.15) is 0 Å². The zero-order valence-corrected chi connectivity index (χ0v) is 11.4. The topological polar surface area (TPSA) is 20.2 Å². The Morgan fingerprint density at radius 3 is 2.72 bits per heavy atom. The molecule has 0 bridgehead atoms. The Hall–Kier alpha value is -0.300. The number of hydrogen-bond acceptors (Lipinski definition) is 1. The Bertz CT molecular complexity index is 359. The molecule has 4 aliphatic rings. The van der Waals surface area contributed by atoms with E-state index >= 15 is 0 Å². The normalized spacial score (nSPS) is 51.1. The maximum Gasteiger partial charge on any atom is 0.0723 e. The lowest BCUT2D eigenvalue weighted by molar-refractivity contribution is 0.0410. The summed E-state index contributed by atoms with van der Waals surface area (Å²) in [5, 5.41) is 9.82. The zero-order chi connectivity index (χ0) is 12.1. The molecule has 0 saturated heterocycles. The summed E-state index contributed by atoms with van der Waals surface area (Å²) in [5.41, 5.74) is 1.63. The molecule has 1 N–H and O–H groups in total. The Labute approximate surface area is 111 Å². The first-order chi connectivity index (χ1) is 8.83. The fraction of sp³-hybridized carbons (Fsp3) is 0.882. The second-order valence-electron chi connectivity index (χ2n) is 7.29. The second kappa shape index (κ2) is 4.37. The fourth-order valence-electron chi connectivity index (χ4n) is 5.93. The molecule has 100 valence electrons. The van der Waals surface area contributed by atoms with Gasteiger partial charge in [0.15, 0.2) is 0 Å². The highest BCUT2D eigenvalue weighted by molar-refractivity contribution is 5.18. The molecule has 6 atom stereocenters. The van der Waals surface area contributed by atoms with Crippen LogP contribution in [0.25, 0.3) is 0 Å². The van der Waals surface area contributed by atoms with Gasteiger partial charge in [-0.15, -0.1) is 0 Å². The smallest absolute Gasteiger partial charge is 0.0723 e. The van der Waals surface area contributed by atoms with Gasteiger partial charge in [0.05, 0.1) is 6.10 Å². The first-order valence-electron chi connectivity index (χ1n) is 8.21. The van der Waals surface area contributed by atoms with Gasteiger partial charge < -0.3 is 5.11 Å². The van der Waals surface area contributed by atoms with Gasteiger partial charge in [-0.3, -0.25) is 0 Å². The summed E-state index contributed by atoms with van der Waals surface area (Å²) >= 11 is 0. The number of allylic oxidation sites excluding steroid dienone is 1. The zero-order valence-electron chi connectivity index (χ0n) is 11.4. The number of rotatable bonds is 0. The Morgan fingerprint density at radius 2 is 1.78 bits per heavy atom. The van der Waals surface area contributed by atoms with Crippen molar-refractivity contribution in [2.24, 2.45) is 29.6 Å². The Balaban J connectivity index is 1.59. The standard InChI is InChI=1S/C17H26O/c18-13-6-9-15-12(10-13)5-8-16-14-3-1-2-11(14)4-7-17(15)16/h10-11,13-18H,1-9H2/t11-,13?,14+,15-,16-,17+/m0/s1. The van der Waals surface area contributed by atoms with Crippen LogP contribution >= 0.6 is 0 Å². The van der Waals surface area contributed by atoms with Crippen molar-refractivity contribution >= 4 is 0 Å². The molecule has 3 saturated carbocycles. The quantitative estimate of drug-likeness (QED) is 0.642. The van der Waals surface area contributed by atoms with E-state index in [0.717, 1.165) is 36.0 Å². The summed E-state index contributed by atoms with van der Waals surface area (Å²) in [7, 11) is 0. The van der Waals surface area contributed by atoms with Crippen molar-refractivity contribution in [1.82, 2.24) is 0 Å². The molecule has 0 aliphatic heterocycles. The monoisotopic (exact) mass is 246 g/mol. The third kappa shape index (κ3) is 1.70. The van der Waals surface area contributed by atoms with Gasteiger partial charge >= 0.3 is 0 Å². The van der Waals surface area contributed by atoms with Crippen molar-refractivity contribution in [3.05, 3.63) is 11.6 Å². The maximum absolute atomic E-state index is 9.82. The molecule has 0 aromatic heterocycles. The SMILES string of the molecule is OC1C=C2CC[C@H]3[C@@H]4CCC[C@H]4CC[C@@H]3[C@H]2CC1. The van der Waals surface area contributed by atoms with Gasteiger partial charge in [-0.1, -0.05) is 24.5 Å². The van der Waals surface area contributed by atoms with Crippen molar-refractivity contribution in [3.63, 3.8) is 0 Å². The van der Waals surface area contributed by atoms with E-state index in [1.165, 1.54) is 51.4 Å². The minimum atomic E-state index is -0.129. The van der Waals surface area contributed by atoms with Gasteiger partial charge in [-0.25, -0.2) is 0 Å². The molecule has 0 aromatic rings. The van der Waals surface area contributed by atoms with Gasteiger partial charge in [0, 0.05) is 0 Å². The summed E-state index contributed by atoms with van der Waals surface area (Å²) in [6.45, 7) is 0.